The average molecular weight is 407 g/mol. The minimum atomic E-state index is -1.17. The van der Waals surface area contributed by atoms with Crippen LogP contribution in [0.5, 0.6) is 0 Å². The highest BCUT2D eigenvalue weighted by Crippen LogP contribution is 2.41. The maximum absolute atomic E-state index is 12.5. The zero-order chi connectivity index (χ0) is 22.1. The molecule has 0 aliphatic carbocycles. The number of carbonyl (C=O) groups excluding carboxylic acids is 1. The van der Waals surface area contributed by atoms with Crippen LogP contribution in [0.25, 0.3) is 22.5 Å². The zero-order valence-corrected chi connectivity index (χ0v) is 17.7. The Labute approximate surface area is 175 Å². The second-order valence-electron chi connectivity index (χ2n) is 8.02. The first-order valence-electron chi connectivity index (χ1n) is 9.53. The molecule has 1 aromatic carbocycles. The molecular formula is C23H25N3O4. The Kier molecular flexibility index (Phi) is 5.64. The summed E-state index contributed by atoms with van der Waals surface area (Å²) in [6, 6.07) is 13.1. The lowest BCUT2D eigenvalue weighted by Gasteiger charge is -2.20. The molecule has 3 aromatic rings. The quantitative estimate of drug-likeness (QED) is 0.627. The van der Waals surface area contributed by atoms with Crippen LogP contribution in [0.2, 0.25) is 0 Å². The number of benzene rings is 1. The van der Waals surface area contributed by atoms with Gasteiger partial charge in [0.05, 0.1) is 22.6 Å². The van der Waals surface area contributed by atoms with Crippen molar-refractivity contribution in [2.45, 2.75) is 33.3 Å². The third-order valence-corrected chi connectivity index (χ3v) is 4.47. The van der Waals surface area contributed by atoms with Crippen LogP contribution < -0.4 is 5.32 Å². The lowest BCUT2D eigenvalue weighted by molar-refractivity contribution is 0.0636. The number of aromatic nitrogens is 2. The third kappa shape index (κ3) is 4.35. The van der Waals surface area contributed by atoms with Gasteiger partial charge in [-0.25, -0.2) is 9.59 Å². The lowest BCUT2D eigenvalue weighted by atomic mass is 10.0. The number of nitrogens with one attached hydrogen (secondary N) is 1. The molecule has 2 N–H and O–H groups in total. The van der Waals surface area contributed by atoms with Crippen molar-refractivity contribution in [1.29, 1.82) is 0 Å². The molecule has 1 amide bonds. The number of carboxylic acids is 1. The number of aryl methyl sites for hydroxylation is 1. The Morgan fingerprint density at radius 3 is 2.30 bits per heavy atom. The minimum absolute atomic E-state index is 0.0583. The number of ether oxygens (including phenoxy) is 1. The molecule has 0 aliphatic rings. The number of aromatic carboxylic acids is 1. The van der Waals surface area contributed by atoms with Gasteiger partial charge in [-0.15, -0.1) is 0 Å². The number of amides is 1. The molecule has 7 nitrogen and oxygen atoms in total. The van der Waals surface area contributed by atoms with E-state index in [1.165, 1.54) is 0 Å². The predicted molar refractivity (Wildman–Crippen MR) is 116 cm³/mol. The van der Waals surface area contributed by atoms with Gasteiger partial charge in [0, 0.05) is 13.2 Å². The number of rotatable bonds is 4. The number of hydrogen-bond donors (Lipinski definition) is 2. The molecule has 0 radical (unpaired) electrons. The number of anilines is 1. The maximum Gasteiger partial charge on any atom is 0.412 e. The second kappa shape index (κ2) is 8.02. The third-order valence-electron chi connectivity index (χ3n) is 4.47. The molecule has 0 bridgehead atoms. The summed E-state index contributed by atoms with van der Waals surface area (Å²) in [4.78, 5) is 29.1. The fourth-order valence-electron chi connectivity index (χ4n) is 3.27. The van der Waals surface area contributed by atoms with Gasteiger partial charge in [-0.2, -0.15) is 0 Å². The Morgan fingerprint density at radius 2 is 1.77 bits per heavy atom. The predicted octanol–water partition coefficient (Wildman–Crippen LogP) is 5.11. The van der Waals surface area contributed by atoms with Gasteiger partial charge in [0.25, 0.3) is 0 Å². The standard InChI is InChI=1S/C23H25N3O4/c1-14-9-11-15(12-10-14)19-17(16-8-6-7-13-24-16)18(20(21(27)28)26(19)5)25-22(29)30-23(2,3)4/h6-13H,1-5H3,(H,25,29)(H,27,28). The van der Waals surface area contributed by atoms with Gasteiger partial charge in [0.1, 0.15) is 5.60 Å². The van der Waals surface area contributed by atoms with Crippen molar-refractivity contribution in [2.75, 3.05) is 5.32 Å². The monoisotopic (exact) mass is 407 g/mol. The normalized spacial score (nSPS) is 11.2. The highest BCUT2D eigenvalue weighted by Gasteiger charge is 2.30. The summed E-state index contributed by atoms with van der Waals surface area (Å²) in [5.74, 6) is -1.17. The van der Waals surface area contributed by atoms with E-state index in [1.54, 1.807) is 50.7 Å². The summed E-state index contributed by atoms with van der Waals surface area (Å²) in [6.45, 7) is 7.21. The fourth-order valence-corrected chi connectivity index (χ4v) is 3.27. The van der Waals surface area contributed by atoms with Crippen LogP contribution in [0.1, 0.15) is 36.8 Å². The first-order valence-corrected chi connectivity index (χ1v) is 9.53. The van der Waals surface area contributed by atoms with Crippen LogP contribution in [0.3, 0.4) is 0 Å². The molecule has 2 aromatic heterocycles. The van der Waals surface area contributed by atoms with Crippen molar-refractivity contribution in [2.24, 2.45) is 7.05 Å². The van der Waals surface area contributed by atoms with Gasteiger partial charge < -0.3 is 14.4 Å². The fraction of sp³-hybridized carbons (Fsp3) is 0.261. The Morgan fingerprint density at radius 1 is 1.10 bits per heavy atom. The largest absolute Gasteiger partial charge is 0.477 e. The van der Waals surface area contributed by atoms with Crippen LogP contribution in [-0.2, 0) is 11.8 Å². The van der Waals surface area contributed by atoms with Crippen molar-refractivity contribution in [3.05, 3.63) is 59.9 Å². The number of pyridine rings is 1. The smallest absolute Gasteiger partial charge is 0.412 e. The van der Waals surface area contributed by atoms with E-state index in [1.807, 2.05) is 37.3 Å². The summed E-state index contributed by atoms with van der Waals surface area (Å²) < 4.78 is 6.92. The van der Waals surface area contributed by atoms with Crippen LogP contribution in [-0.4, -0.2) is 32.3 Å². The minimum Gasteiger partial charge on any atom is -0.477 e. The van der Waals surface area contributed by atoms with Crippen molar-refractivity contribution in [3.63, 3.8) is 0 Å². The van der Waals surface area contributed by atoms with Crippen LogP contribution in [0.15, 0.2) is 48.7 Å². The maximum atomic E-state index is 12.5. The first kappa shape index (κ1) is 21.1. The molecule has 156 valence electrons. The molecule has 0 spiro atoms. The van der Waals surface area contributed by atoms with Crippen molar-refractivity contribution in [1.82, 2.24) is 9.55 Å². The van der Waals surface area contributed by atoms with Crippen molar-refractivity contribution >= 4 is 17.7 Å². The highest BCUT2D eigenvalue weighted by atomic mass is 16.6. The van der Waals surface area contributed by atoms with E-state index in [9.17, 15) is 14.7 Å². The van der Waals surface area contributed by atoms with Gasteiger partial charge in [0.2, 0.25) is 0 Å². The molecule has 0 saturated heterocycles. The van der Waals surface area contributed by atoms with E-state index in [0.29, 0.717) is 17.0 Å². The lowest BCUT2D eigenvalue weighted by Crippen LogP contribution is -2.28. The summed E-state index contributed by atoms with van der Waals surface area (Å²) in [5, 5.41) is 12.6. The van der Waals surface area contributed by atoms with Crippen molar-refractivity contribution in [3.8, 4) is 22.5 Å². The SMILES string of the molecule is Cc1ccc(-c2c(-c3ccccn3)c(NC(=O)OC(C)(C)C)c(C(=O)O)n2C)cc1. The highest BCUT2D eigenvalue weighted by molar-refractivity contribution is 6.07. The average Bonchev–Trinajstić information content (AvgIpc) is 2.93. The molecular weight excluding hydrogens is 382 g/mol. The van der Waals surface area contributed by atoms with Gasteiger partial charge >= 0.3 is 12.1 Å². The molecule has 2 heterocycles. The van der Waals surface area contributed by atoms with Gasteiger partial charge in [-0.05, 0) is 45.4 Å². The summed E-state index contributed by atoms with van der Waals surface area (Å²) in [5.41, 5.74) is 2.95. The van der Waals surface area contributed by atoms with E-state index < -0.39 is 17.7 Å². The molecule has 0 saturated carbocycles. The van der Waals surface area contributed by atoms with E-state index in [-0.39, 0.29) is 11.4 Å². The number of hydrogen-bond acceptors (Lipinski definition) is 4. The Hall–Kier alpha value is -3.61. The van der Waals surface area contributed by atoms with Crippen LogP contribution >= 0.6 is 0 Å². The van der Waals surface area contributed by atoms with Crippen molar-refractivity contribution < 1.29 is 19.4 Å². The van der Waals surface area contributed by atoms with Gasteiger partial charge in [0.15, 0.2) is 5.69 Å². The van der Waals surface area contributed by atoms with E-state index >= 15 is 0 Å². The molecule has 0 unspecified atom stereocenters. The first-order chi connectivity index (χ1) is 14.1. The van der Waals surface area contributed by atoms with Crippen LogP contribution in [0.4, 0.5) is 10.5 Å². The number of carboxylic acid groups (broad SMARTS) is 1. The Balaban J connectivity index is 2.28. The van der Waals surface area contributed by atoms with Crippen LogP contribution in [0, 0.1) is 6.92 Å². The summed E-state index contributed by atoms with van der Waals surface area (Å²) in [6.07, 6.45) is 0.891. The molecule has 7 heteroatoms. The molecule has 0 atom stereocenters. The molecule has 3 rings (SSSR count). The summed E-state index contributed by atoms with van der Waals surface area (Å²) >= 11 is 0. The molecule has 30 heavy (non-hydrogen) atoms. The van der Waals surface area contributed by atoms with Gasteiger partial charge in [-0.1, -0.05) is 35.9 Å². The molecule has 0 fully saturated rings. The number of carbonyl (C=O) groups is 2. The topological polar surface area (TPSA) is 93.4 Å². The summed E-state index contributed by atoms with van der Waals surface area (Å²) in [7, 11) is 1.66. The second-order valence-corrected chi connectivity index (χ2v) is 8.02. The van der Waals surface area contributed by atoms with E-state index in [0.717, 1.165) is 11.1 Å². The molecule has 0 aliphatic heterocycles. The Bertz CT molecular complexity index is 1080. The zero-order valence-electron chi connectivity index (χ0n) is 17.7. The number of nitrogens with zero attached hydrogens (tertiary/aromatic N) is 2. The van der Waals surface area contributed by atoms with E-state index in [2.05, 4.69) is 10.3 Å². The van der Waals surface area contributed by atoms with Gasteiger partial charge in [-0.3, -0.25) is 10.3 Å². The van der Waals surface area contributed by atoms with E-state index in [4.69, 9.17) is 4.74 Å².